The third-order valence-electron chi connectivity index (χ3n) is 6.14. The molecule has 3 rings (SSSR count). The molecule has 1 aromatic rings. The van der Waals surface area contributed by atoms with Crippen LogP contribution >= 0.6 is 24.8 Å². The van der Waals surface area contributed by atoms with Crippen LogP contribution in [0.4, 0.5) is 0 Å². The number of halogens is 2. The molecule has 29 heavy (non-hydrogen) atoms. The van der Waals surface area contributed by atoms with Crippen LogP contribution < -0.4 is 10.6 Å². The maximum Gasteiger partial charge on any atom is 0.220 e. The van der Waals surface area contributed by atoms with E-state index in [-0.39, 0.29) is 36.8 Å². The molecule has 1 aromatic carbocycles. The van der Waals surface area contributed by atoms with E-state index in [1.165, 1.54) is 24.0 Å². The van der Waals surface area contributed by atoms with E-state index in [1.807, 2.05) is 0 Å². The molecule has 0 saturated carbocycles. The van der Waals surface area contributed by atoms with E-state index in [0.717, 1.165) is 39.4 Å². The van der Waals surface area contributed by atoms with Crippen LogP contribution in [0.1, 0.15) is 43.4 Å². The third kappa shape index (κ3) is 8.06. The molecule has 2 aliphatic heterocycles. The number of piperidine rings is 1. The Hall–Kier alpha value is -0.850. The highest BCUT2D eigenvalue weighted by Gasteiger charge is 2.25. The Balaban J connectivity index is 0.00000210. The quantitative estimate of drug-likeness (QED) is 0.675. The highest BCUT2D eigenvalue weighted by Crippen LogP contribution is 2.25. The molecule has 2 atom stereocenters. The summed E-state index contributed by atoms with van der Waals surface area (Å²) in [5, 5.41) is 6.63. The van der Waals surface area contributed by atoms with E-state index in [2.05, 4.69) is 53.6 Å². The van der Waals surface area contributed by atoms with Crippen molar-refractivity contribution in [3.8, 4) is 0 Å². The minimum absolute atomic E-state index is 0. The molecule has 7 heteroatoms. The molecule has 2 unspecified atom stereocenters. The number of rotatable bonds is 7. The second-order valence-electron chi connectivity index (χ2n) is 8.15. The summed E-state index contributed by atoms with van der Waals surface area (Å²) in [4.78, 5) is 15.0. The van der Waals surface area contributed by atoms with E-state index in [0.29, 0.717) is 24.8 Å². The summed E-state index contributed by atoms with van der Waals surface area (Å²) in [5.74, 6) is 1.31. The lowest BCUT2D eigenvalue weighted by atomic mass is 9.84. The number of nitrogens with zero attached hydrogens (tertiary/aromatic N) is 1. The Kier molecular flexibility index (Phi) is 12.1. The fourth-order valence-corrected chi connectivity index (χ4v) is 4.29. The van der Waals surface area contributed by atoms with Crippen LogP contribution in [0.2, 0.25) is 0 Å². The van der Waals surface area contributed by atoms with Gasteiger partial charge in [0, 0.05) is 26.1 Å². The van der Waals surface area contributed by atoms with Crippen molar-refractivity contribution in [3.63, 3.8) is 0 Å². The summed E-state index contributed by atoms with van der Waals surface area (Å²) in [5.41, 5.74) is 2.54. The van der Waals surface area contributed by atoms with Crippen molar-refractivity contribution in [1.29, 1.82) is 0 Å². The lowest BCUT2D eigenvalue weighted by Gasteiger charge is -2.35. The zero-order valence-corrected chi connectivity index (χ0v) is 19.3. The predicted molar refractivity (Wildman–Crippen MR) is 123 cm³/mol. The largest absolute Gasteiger partial charge is 0.379 e. The number of carbonyl (C=O) groups is 1. The maximum atomic E-state index is 12.6. The Morgan fingerprint density at radius 2 is 1.79 bits per heavy atom. The van der Waals surface area contributed by atoms with E-state index in [4.69, 9.17) is 4.74 Å². The van der Waals surface area contributed by atoms with Gasteiger partial charge in [0.25, 0.3) is 0 Å². The first-order valence-electron chi connectivity index (χ1n) is 10.5. The van der Waals surface area contributed by atoms with Gasteiger partial charge in [-0.2, -0.15) is 0 Å². The molecule has 2 aliphatic rings. The number of aryl methyl sites for hydroxylation is 1. The first-order valence-corrected chi connectivity index (χ1v) is 10.5. The van der Waals surface area contributed by atoms with Crippen LogP contribution in [-0.2, 0) is 9.53 Å². The van der Waals surface area contributed by atoms with Gasteiger partial charge in [-0.05, 0) is 50.3 Å². The molecule has 5 nitrogen and oxygen atoms in total. The molecule has 0 aromatic heterocycles. The molecular formula is C22H37Cl2N3O2. The average molecular weight is 446 g/mol. The van der Waals surface area contributed by atoms with Crippen LogP contribution in [0.5, 0.6) is 0 Å². The summed E-state index contributed by atoms with van der Waals surface area (Å²) < 4.78 is 5.52. The van der Waals surface area contributed by atoms with Gasteiger partial charge in [0.1, 0.15) is 0 Å². The minimum atomic E-state index is 0. The first kappa shape index (κ1) is 26.2. The fourth-order valence-electron chi connectivity index (χ4n) is 4.29. The molecule has 166 valence electrons. The molecule has 2 saturated heterocycles. The monoisotopic (exact) mass is 445 g/mol. The number of morpholine rings is 1. The molecular weight excluding hydrogens is 409 g/mol. The van der Waals surface area contributed by atoms with Gasteiger partial charge in [-0.3, -0.25) is 9.69 Å². The Bertz CT molecular complexity index is 588. The predicted octanol–water partition coefficient (Wildman–Crippen LogP) is 3.35. The Labute approximate surface area is 188 Å². The van der Waals surface area contributed by atoms with Gasteiger partial charge in [-0.15, -0.1) is 24.8 Å². The van der Waals surface area contributed by atoms with Crippen LogP contribution in [0, 0.1) is 18.8 Å². The van der Waals surface area contributed by atoms with Crippen LogP contribution in [0.25, 0.3) is 0 Å². The second kappa shape index (κ2) is 13.5. The van der Waals surface area contributed by atoms with Crippen molar-refractivity contribution in [2.75, 3.05) is 45.9 Å². The van der Waals surface area contributed by atoms with Gasteiger partial charge in [0.2, 0.25) is 5.91 Å². The molecule has 2 fully saturated rings. The summed E-state index contributed by atoms with van der Waals surface area (Å²) in [7, 11) is 0. The van der Waals surface area contributed by atoms with Crippen LogP contribution in [-0.4, -0.2) is 56.7 Å². The van der Waals surface area contributed by atoms with Crippen molar-refractivity contribution in [2.24, 2.45) is 11.8 Å². The van der Waals surface area contributed by atoms with E-state index >= 15 is 0 Å². The number of nitrogens with one attached hydrogen (secondary N) is 2. The molecule has 0 radical (unpaired) electrons. The topological polar surface area (TPSA) is 53.6 Å². The number of ether oxygens (including phenoxy) is 1. The standard InChI is InChI=1S/C22H35N3O2.2ClH/c1-17-3-5-20(6-4-17)21(25-11-13-27-14-12-25)16-24-22(26)15-18(2)19-7-9-23-10-8-19;;/h3-6,18-19,21,23H,7-16H2,1-2H3,(H,24,26);2*1H. The summed E-state index contributed by atoms with van der Waals surface area (Å²) >= 11 is 0. The number of hydrogen-bond donors (Lipinski definition) is 2. The van der Waals surface area contributed by atoms with Crippen LogP contribution in [0.3, 0.4) is 0 Å². The van der Waals surface area contributed by atoms with Gasteiger partial charge < -0.3 is 15.4 Å². The lowest BCUT2D eigenvalue weighted by Crippen LogP contribution is -2.44. The van der Waals surface area contributed by atoms with Crippen molar-refractivity contribution in [1.82, 2.24) is 15.5 Å². The van der Waals surface area contributed by atoms with Gasteiger partial charge in [0.15, 0.2) is 0 Å². The normalized spacial score (nSPS) is 20.1. The van der Waals surface area contributed by atoms with Gasteiger partial charge in [0.05, 0.1) is 19.3 Å². The first-order chi connectivity index (χ1) is 13.1. The molecule has 2 heterocycles. The number of hydrogen-bond acceptors (Lipinski definition) is 4. The van der Waals surface area contributed by atoms with E-state index in [1.54, 1.807) is 0 Å². The second-order valence-corrected chi connectivity index (χ2v) is 8.15. The van der Waals surface area contributed by atoms with E-state index in [9.17, 15) is 4.79 Å². The Morgan fingerprint density at radius 1 is 1.17 bits per heavy atom. The SMILES string of the molecule is Cc1ccc(C(CNC(=O)CC(C)C2CCNCC2)N2CCOCC2)cc1.Cl.Cl. The zero-order valence-electron chi connectivity index (χ0n) is 17.7. The summed E-state index contributed by atoms with van der Waals surface area (Å²) in [6.07, 6.45) is 3.01. The van der Waals surface area contributed by atoms with Crippen molar-refractivity contribution in [3.05, 3.63) is 35.4 Å². The average Bonchev–Trinajstić information content (AvgIpc) is 2.71. The Morgan fingerprint density at radius 3 is 2.41 bits per heavy atom. The molecule has 2 N–H and O–H groups in total. The molecule has 1 amide bonds. The molecule has 0 spiro atoms. The molecule has 0 aliphatic carbocycles. The smallest absolute Gasteiger partial charge is 0.220 e. The third-order valence-corrected chi connectivity index (χ3v) is 6.14. The van der Waals surface area contributed by atoms with Crippen LogP contribution in [0.15, 0.2) is 24.3 Å². The van der Waals surface area contributed by atoms with Gasteiger partial charge in [-0.1, -0.05) is 36.8 Å². The van der Waals surface area contributed by atoms with E-state index < -0.39 is 0 Å². The lowest BCUT2D eigenvalue weighted by molar-refractivity contribution is -0.122. The number of amides is 1. The summed E-state index contributed by atoms with van der Waals surface area (Å²) in [6, 6.07) is 8.92. The van der Waals surface area contributed by atoms with Crippen molar-refractivity contribution in [2.45, 2.75) is 39.2 Å². The minimum Gasteiger partial charge on any atom is -0.379 e. The van der Waals surface area contributed by atoms with Gasteiger partial charge >= 0.3 is 0 Å². The number of benzene rings is 1. The van der Waals surface area contributed by atoms with Crippen molar-refractivity contribution < 1.29 is 9.53 Å². The fraction of sp³-hybridized carbons (Fsp3) is 0.682. The highest BCUT2D eigenvalue weighted by molar-refractivity contribution is 5.85. The van der Waals surface area contributed by atoms with Crippen molar-refractivity contribution >= 4 is 30.7 Å². The zero-order chi connectivity index (χ0) is 19.1. The maximum absolute atomic E-state index is 12.6. The summed E-state index contributed by atoms with van der Waals surface area (Å²) in [6.45, 7) is 10.5. The highest BCUT2D eigenvalue weighted by atomic mass is 35.5. The number of carbonyl (C=O) groups excluding carboxylic acids is 1. The van der Waals surface area contributed by atoms with Gasteiger partial charge in [-0.25, -0.2) is 0 Å². The molecule has 0 bridgehead atoms.